The zero-order chi connectivity index (χ0) is 26.0. The van der Waals surface area contributed by atoms with Crippen LogP contribution in [0.4, 0.5) is 11.4 Å². The average Bonchev–Trinajstić information content (AvgIpc) is 3.30. The Hall–Kier alpha value is -4.52. The standard InChI is InChI=1S/C23H17BrN4O8/c1-13(29)26-23(36-22(25-26)14-4-3-5-16(24)10-14)15-6-8-20(21(11-15)34-2)35-19-9-7-17(27(30)31)12-18(19)28(32)33/h3-12,23H,1-2H3/t23-/m1/s1. The van der Waals surface area contributed by atoms with Crippen LogP contribution in [0.5, 0.6) is 17.2 Å². The van der Waals surface area contributed by atoms with E-state index in [1.165, 1.54) is 25.1 Å². The highest BCUT2D eigenvalue weighted by atomic mass is 79.9. The van der Waals surface area contributed by atoms with E-state index in [1.54, 1.807) is 24.3 Å². The van der Waals surface area contributed by atoms with Crippen LogP contribution in [0.15, 0.2) is 70.2 Å². The number of rotatable bonds is 7. The summed E-state index contributed by atoms with van der Waals surface area (Å²) in [6.45, 7) is 1.35. The monoisotopic (exact) mass is 556 g/mol. The fourth-order valence-electron chi connectivity index (χ4n) is 3.41. The van der Waals surface area contributed by atoms with Crippen molar-refractivity contribution in [1.29, 1.82) is 0 Å². The van der Waals surface area contributed by atoms with Crippen LogP contribution in [-0.4, -0.2) is 33.8 Å². The predicted molar refractivity (Wildman–Crippen MR) is 130 cm³/mol. The number of benzene rings is 3. The SMILES string of the molecule is COc1cc([C@H]2OC(c3cccc(Br)c3)=NN2C(C)=O)ccc1Oc1ccc([N+](=O)[O-])cc1[N+](=O)[O-]. The van der Waals surface area contributed by atoms with E-state index in [0.29, 0.717) is 11.1 Å². The third-order valence-corrected chi connectivity index (χ3v) is 5.57. The highest BCUT2D eigenvalue weighted by molar-refractivity contribution is 9.10. The summed E-state index contributed by atoms with van der Waals surface area (Å²) in [6.07, 6.45) is -0.895. The van der Waals surface area contributed by atoms with Crippen LogP contribution in [0.3, 0.4) is 0 Å². The number of nitro benzene ring substituents is 2. The topological polar surface area (TPSA) is 147 Å². The van der Waals surface area contributed by atoms with Crippen molar-refractivity contribution in [2.75, 3.05) is 7.11 Å². The molecule has 1 atom stereocenters. The molecule has 12 nitrogen and oxygen atoms in total. The molecule has 13 heteroatoms. The maximum absolute atomic E-state index is 12.3. The summed E-state index contributed by atoms with van der Waals surface area (Å²) in [4.78, 5) is 33.2. The quantitative estimate of drug-likeness (QED) is 0.281. The highest BCUT2D eigenvalue weighted by Gasteiger charge is 2.34. The summed E-state index contributed by atoms with van der Waals surface area (Å²) >= 11 is 3.40. The molecule has 0 aromatic heterocycles. The summed E-state index contributed by atoms with van der Waals surface area (Å²) in [6, 6.07) is 14.9. The van der Waals surface area contributed by atoms with Gasteiger partial charge in [0.25, 0.3) is 5.69 Å². The normalized spacial score (nSPS) is 14.6. The van der Waals surface area contributed by atoms with E-state index < -0.39 is 27.4 Å². The molecule has 184 valence electrons. The number of amides is 1. The van der Waals surface area contributed by atoms with Gasteiger partial charge in [-0.15, -0.1) is 5.10 Å². The molecule has 1 aliphatic rings. The second-order valence-electron chi connectivity index (χ2n) is 7.43. The number of hydrogen-bond acceptors (Lipinski definition) is 9. The zero-order valence-corrected chi connectivity index (χ0v) is 20.4. The lowest BCUT2D eigenvalue weighted by Crippen LogP contribution is -2.25. The Morgan fingerprint density at radius 1 is 1.03 bits per heavy atom. The van der Waals surface area contributed by atoms with Gasteiger partial charge in [0.2, 0.25) is 23.8 Å². The molecule has 0 saturated carbocycles. The van der Waals surface area contributed by atoms with E-state index in [-0.39, 0.29) is 29.1 Å². The molecule has 36 heavy (non-hydrogen) atoms. The van der Waals surface area contributed by atoms with E-state index in [9.17, 15) is 25.0 Å². The molecule has 3 aromatic rings. The summed E-state index contributed by atoms with van der Waals surface area (Å²) in [7, 11) is 1.37. The Labute approximate surface area is 212 Å². The molecule has 1 heterocycles. The summed E-state index contributed by atoms with van der Waals surface area (Å²) in [5.41, 5.74) is 0.140. The van der Waals surface area contributed by atoms with Crippen molar-refractivity contribution < 1.29 is 28.9 Å². The summed E-state index contributed by atoms with van der Waals surface area (Å²) in [5.74, 6) is -0.0237. The van der Waals surface area contributed by atoms with Gasteiger partial charge in [-0.1, -0.05) is 22.0 Å². The summed E-state index contributed by atoms with van der Waals surface area (Å²) in [5, 5.41) is 27.9. The molecule has 0 aliphatic carbocycles. The second kappa shape index (κ2) is 10.00. The minimum Gasteiger partial charge on any atom is -0.493 e. The van der Waals surface area contributed by atoms with E-state index >= 15 is 0 Å². The van der Waals surface area contributed by atoms with Crippen molar-refractivity contribution in [3.63, 3.8) is 0 Å². The number of carbonyl (C=O) groups excluding carboxylic acids is 1. The Bertz CT molecular complexity index is 1410. The first-order valence-electron chi connectivity index (χ1n) is 10.3. The molecular formula is C23H17BrN4O8. The number of halogens is 1. The van der Waals surface area contributed by atoms with Gasteiger partial charge in [-0.25, -0.2) is 0 Å². The van der Waals surface area contributed by atoms with Gasteiger partial charge >= 0.3 is 5.69 Å². The molecule has 0 radical (unpaired) electrons. The fourth-order valence-corrected chi connectivity index (χ4v) is 3.81. The number of non-ortho nitro benzene ring substituents is 1. The van der Waals surface area contributed by atoms with Crippen LogP contribution in [0, 0.1) is 20.2 Å². The molecule has 3 aromatic carbocycles. The number of nitrogens with zero attached hydrogens (tertiary/aromatic N) is 4. The van der Waals surface area contributed by atoms with Crippen molar-refractivity contribution in [3.05, 3.63) is 96.5 Å². The lowest BCUT2D eigenvalue weighted by molar-refractivity contribution is -0.394. The number of nitro groups is 2. The average molecular weight is 557 g/mol. The highest BCUT2D eigenvalue weighted by Crippen LogP contribution is 2.40. The van der Waals surface area contributed by atoms with Crippen LogP contribution in [-0.2, 0) is 9.53 Å². The Morgan fingerprint density at radius 3 is 2.42 bits per heavy atom. The van der Waals surface area contributed by atoms with E-state index in [0.717, 1.165) is 22.7 Å². The molecule has 4 rings (SSSR count). The molecule has 0 saturated heterocycles. The number of ether oxygens (including phenoxy) is 3. The summed E-state index contributed by atoms with van der Waals surface area (Å²) < 4.78 is 17.9. The molecule has 0 N–H and O–H groups in total. The van der Waals surface area contributed by atoms with Crippen molar-refractivity contribution in [1.82, 2.24) is 5.01 Å². The second-order valence-corrected chi connectivity index (χ2v) is 8.34. The molecule has 0 spiro atoms. The first-order chi connectivity index (χ1) is 17.2. The van der Waals surface area contributed by atoms with Gasteiger partial charge in [0, 0.05) is 28.6 Å². The smallest absolute Gasteiger partial charge is 0.318 e. The molecule has 1 amide bonds. The van der Waals surface area contributed by atoms with Gasteiger partial charge < -0.3 is 14.2 Å². The zero-order valence-electron chi connectivity index (χ0n) is 18.8. The third kappa shape index (κ3) is 4.95. The van der Waals surface area contributed by atoms with Crippen LogP contribution >= 0.6 is 15.9 Å². The van der Waals surface area contributed by atoms with Gasteiger partial charge in [-0.05, 0) is 42.5 Å². The lowest BCUT2D eigenvalue weighted by Gasteiger charge is -2.20. The van der Waals surface area contributed by atoms with Crippen LogP contribution < -0.4 is 9.47 Å². The minimum absolute atomic E-state index is 0.110. The minimum atomic E-state index is -0.895. The number of methoxy groups -OCH3 is 1. The lowest BCUT2D eigenvalue weighted by atomic mass is 10.1. The molecule has 0 fully saturated rings. The van der Waals surface area contributed by atoms with Crippen LogP contribution in [0.2, 0.25) is 0 Å². The first kappa shape index (κ1) is 24.6. The maximum Gasteiger partial charge on any atom is 0.318 e. The van der Waals surface area contributed by atoms with Crippen molar-refractivity contribution in [2.45, 2.75) is 13.2 Å². The Balaban J connectivity index is 1.65. The van der Waals surface area contributed by atoms with Crippen LogP contribution in [0.25, 0.3) is 0 Å². The van der Waals surface area contributed by atoms with Crippen molar-refractivity contribution in [3.8, 4) is 17.2 Å². The maximum atomic E-state index is 12.3. The van der Waals surface area contributed by atoms with Gasteiger partial charge in [0.15, 0.2) is 11.5 Å². The van der Waals surface area contributed by atoms with Crippen molar-refractivity contribution in [2.24, 2.45) is 5.10 Å². The fraction of sp³-hybridized carbons (Fsp3) is 0.130. The van der Waals surface area contributed by atoms with Gasteiger partial charge in [-0.2, -0.15) is 5.01 Å². The van der Waals surface area contributed by atoms with Crippen LogP contribution in [0.1, 0.15) is 24.3 Å². The Morgan fingerprint density at radius 2 is 1.78 bits per heavy atom. The van der Waals surface area contributed by atoms with Gasteiger partial charge in [0.1, 0.15) is 0 Å². The largest absolute Gasteiger partial charge is 0.493 e. The number of carbonyl (C=O) groups is 1. The van der Waals surface area contributed by atoms with Gasteiger partial charge in [0.05, 0.1) is 23.0 Å². The molecule has 0 unspecified atom stereocenters. The molecular weight excluding hydrogens is 540 g/mol. The molecule has 1 aliphatic heterocycles. The van der Waals surface area contributed by atoms with E-state index in [2.05, 4.69) is 21.0 Å². The number of hydrazone groups is 1. The van der Waals surface area contributed by atoms with Gasteiger partial charge in [-0.3, -0.25) is 25.0 Å². The predicted octanol–water partition coefficient (Wildman–Crippen LogP) is 5.31. The van der Waals surface area contributed by atoms with E-state index in [1.807, 2.05) is 12.1 Å². The first-order valence-corrected chi connectivity index (χ1v) is 11.1. The third-order valence-electron chi connectivity index (χ3n) is 5.08. The number of hydrogen-bond donors (Lipinski definition) is 0. The Kier molecular flexibility index (Phi) is 6.83. The molecule has 0 bridgehead atoms. The van der Waals surface area contributed by atoms with Crippen molar-refractivity contribution >= 4 is 39.1 Å². The van der Waals surface area contributed by atoms with E-state index in [4.69, 9.17) is 14.2 Å².